The molecular weight excluding hydrogens is 266 g/mol. The normalized spacial score (nSPS) is 25.4. The number of rotatable bonds is 2. The van der Waals surface area contributed by atoms with E-state index in [1.165, 1.54) is 6.42 Å². The number of aryl methyl sites for hydroxylation is 1. The highest BCUT2D eigenvalue weighted by Gasteiger charge is 2.18. The van der Waals surface area contributed by atoms with Gasteiger partial charge in [-0.3, -0.25) is 0 Å². The van der Waals surface area contributed by atoms with Gasteiger partial charge in [-0.15, -0.1) is 0 Å². The average Bonchev–Trinajstić information content (AvgIpc) is 2.24. The van der Waals surface area contributed by atoms with E-state index in [1.807, 2.05) is 13.0 Å². The van der Waals surface area contributed by atoms with Gasteiger partial charge in [-0.25, -0.2) is 4.98 Å². The first-order chi connectivity index (χ1) is 7.65. The Kier molecular flexibility index (Phi) is 3.82. The van der Waals surface area contributed by atoms with Gasteiger partial charge in [0, 0.05) is 16.6 Å². The van der Waals surface area contributed by atoms with Crippen molar-refractivity contribution in [2.75, 3.05) is 11.9 Å². The number of nitrogens with one attached hydrogen (secondary N) is 2. The standard InChI is InChI=1S/C12H18BrN3/c1-8-7-10(5-6-14-8)16-12-4-3-11(13)9(2)15-12/h3-4,8,10,14H,5-7H2,1-2H3,(H,15,16). The molecule has 88 valence electrons. The van der Waals surface area contributed by atoms with E-state index in [4.69, 9.17) is 0 Å². The molecule has 0 radical (unpaired) electrons. The van der Waals surface area contributed by atoms with Gasteiger partial charge < -0.3 is 10.6 Å². The van der Waals surface area contributed by atoms with Gasteiger partial charge in [0.25, 0.3) is 0 Å². The summed E-state index contributed by atoms with van der Waals surface area (Å²) in [5, 5.41) is 6.96. The topological polar surface area (TPSA) is 37.0 Å². The van der Waals surface area contributed by atoms with Crippen LogP contribution in [0.15, 0.2) is 16.6 Å². The summed E-state index contributed by atoms with van der Waals surface area (Å²) in [7, 11) is 0. The van der Waals surface area contributed by atoms with E-state index >= 15 is 0 Å². The van der Waals surface area contributed by atoms with E-state index in [1.54, 1.807) is 0 Å². The van der Waals surface area contributed by atoms with Crippen LogP contribution in [0.25, 0.3) is 0 Å². The first-order valence-corrected chi connectivity index (χ1v) is 6.57. The molecule has 0 amide bonds. The first-order valence-electron chi connectivity index (χ1n) is 5.78. The van der Waals surface area contributed by atoms with Crippen molar-refractivity contribution in [3.8, 4) is 0 Å². The summed E-state index contributed by atoms with van der Waals surface area (Å²) < 4.78 is 1.07. The van der Waals surface area contributed by atoms with Gasteiger partial charge in [0.15, 0.2) is 0 Å². The van der Waals surface area contributed by atoms with Crippen LogP contribution in [0.1, 0.15) is 25.5 Å². The van der Waals surface area contributed by atoms with Crippen LogP contribution in [0, 0.1) is 6.92 Å². The Bertz CT molecular complexity index is 367. The molecule has 2 rings (SSSR count). The molecule has 0 saturated carbocycles. The number of nitrogens with zero attached hydrogens (tertiary/aromatic N) is 1. The van der Waals surface area contributed by atoms with E-state index < -0.39 is 0 Å². The fourth-order valence-corrected chi connectivity index (χ4v) is 2.32. The minimum absolute atomic E-state index is 0.546. The maximum Gasteiger partial charge on any atom is 0.126 e. The summed E-state index contributed by atoms with van der Waals surface area (Å²) in [5.74, 6) is 0.986. The van der Waals surface area contributed by atoms with Crippen LogP contribution in [0.3, 0.4) is 0 Å². The predicted octanol–water partition coefficient (Wildman–Crippen LogP) is 2.70. The van der Waals surface area contributed by atoms with Crippen LogP contribution < -0.4 is 10.6 Å². The van der Waals surface area contributed by atoms with Crippen LogP contribution >= 0.6 is 15.9 Å². The van der Waals surface area contributed by atoms with Crippen LogP contribution in [-0.4, -0.2) is 23.6 Å². The lowest BCUT2D eigenvalue weighted by atomic mass is 10.0. The third kappa shape index (κ3) is 2.95. The summed E-state index contributed by atoms with van der Waals surface area (Å²) in [4.78, 5) is 4.51. The molecule has 0 bridgehead atoms. The zero-order valence-electron chi connectivity index (χ0n) is 9.76. The minimum atomic E-state index is 0.546. The molecule has 0 aliphatic carbocycles. The quantitative estimate of drug-likeness (QED) is 0.876. The molecule has 1 aromatic heterocycles. The lowest BCUT2D eigenvalue weighted by Gasteiger charge is -2.29. The second kappa shape index (κ2) is 5.15. The van der Waals surface area contributed by atoms with Gasteiger partial charge in [-0.1, -0.05) is 0 Å². The van der Waals surface area contributed by atoms with Crippen molar-refractivity contribution < 1.29 is 0 Å². The molecule has 2 unspecified atom stereocenters. The van der Waals surface area contributed by atoms with Gasteiger partial charge in [-0.05, 0) is 61.3 Å². The number of anilines is 1. The average molecular weight is 284 g/mol. The van der Waals surface area contributed by atoms with Crippen LogP contribution in [0.2, 0.25) is 0 Å². The molecule has 1 fully saturated rings. The molecule has 1 aliphatic heterocycles. The molecule has 4 heteroatoms. The van der Waals surface area contributed by atoms with Gasteiger partial charge in [-0.2, -0.15) is 0 Å². The lowest BCUT2D eigenvalue weighted by Crippen LogP contribution is -2.41. The van der Waals surface area contributed by atoms with Gasteiger partial charge in [0.1, 0.15) is 5.82 Å². The molecule has 1 aliphatic rings. The van der Waals surface area contributed by atoms with Crippen LogP contribution in [0.4, 0.5) is 5.82 Å². The number of hydrogen-bond acceptors (Lipinski definition) is 3. The maximum absolute atomic E-state index is 4.51. The molecular formula is C12H18BrN3. The summed E-state index contributed by atoms with van der Waals surface area (Å²) in [6, 6.07) is 5.23. The molecule has 3 nitrogen and oxygen atoms in total. The number of pyridine rings is 1. The van der Waals surface area contributed by atoms with E-state index in [0.29, 0.717) is 12.1 Å². The SMILES string of the molecule is Cc1nc(NC2CCNC(C)C2)ccc1Br. The summed E-state index contributed by atoms with van der Waals surface area (Å²) >= 11 is 3.46. The second-order valence-electron chi connectivity index (χ2n) is 4.48. The van der Waals surface area contributed by atoms with E-state index in [0.717, 1.165) is 29.0 Å². The molecule has 0 spiro atoms. The molecule has 2 atom stereocenters. The van der Waals surface area contributed by atoms with E-state index in [2.05, 4.69) is 44.5 Å². The molecule has 1 saturated heterocycles. The van der Waals surface area contributed by atoms with Crippen LogP contribution in [-0.2, 0) is 0 Å². The monoisotopic (exact) mass is 283 g/mol. The molecule has 0 aromatic carbocycles. The van der Waals surface area contributed by atoms with Crippen molar-refractivity contribution in [3.63, 3.8) is 0 Å². The predicted molar refractivity (Wildman–Crippen MR) is 70.8 cm³/mol. The molecule has 1 aromatic rings. The highest BCUT2D eigenvalue weighted by atomic mass is 79.9. The zero-order valence-corrected chi connectivity index (χ0v) is 11.3. The molecule has 2 N–H and O–H groups in total. The maximum atomic E-state index is 4.51. The Labute approximate surface area is 105 Å². The van der Waals surface area contributed by atoms with E-state index in [9.17, 15) is 0 Å². The number of halogens is 1. The summed E-state index contributed by atoms with van der Waals surface area (Å²) in [5.41, 5.74) is 1.03. The Morgan fingerprint density at radius 1 is 1.50 bits per heavy atom. The highest BCUT2D eigenvalue weighted by Crippen LogP contribution is 2.19. The zero-order chi connectivity index (χ0) is 11.5. The largest absolute Gasteiger partial charge is 0.367 e. The molecule has 16 heavy (non-hydrogen) atoms. The first kappa shape index (κ1) is 11.9. The minimum Gasteiger partial charge on any atom is -0.367 e. The van der Waals surface area contributed by atoms with Crippen molar-refractivity contribution in [1.82, 2.24) is 10.3 Å². The Hall–Kier alpha value is -0.610. The third-order valence-electron chi connectivity index (χ3n) is 3.00. The fourth-order valence-electron chi connectivity index (χ4n) is 2.10. The number of hydrogen-bond donors (Lipinski definition) is 2. The Morgan fingerprint density at radius 3 is 3.00 bits per heavy atom. The Balaban J connectivity index is 2.00. The molecule has 2 heterocycles. The van der Waals surface area contributed by atoms with Crippen molar-refractivity contribution in [2.24, 2.45) is 0 Å². The Morgan fingerprint density at radius 2 is 2.31 bits per heavy atom. The van der Waals surface area contributed by atoms with Crippen molar-refractivity contribution in [3.05, 3.63) is 22.3 Å². The summed E-state index contributed by atoms with van der Waals surface area (Å²) in [6.45, 7) is 5.34. The lowest BCUT2D eigenvalue weighted by molar-refractivity contribution is 0.396. The summed E-state index contributed by atoms with van der Waals surface area (Å²) in [6.07, 6.45) is 2.33. The van der Waals surface area contributed by atoms with Crippen LogP contribution in [0.5, 0.6) is 0 Å². The van der Waals surface area contributed by atoms with Gasteiger partial charge in [0.2, 0.25) is 0 Å². The van der Waals surface area contributed by atoms with Crippen molar-refractivity contribution in [1.29, 1.82) is 0 Å². The van der Waals surface area contributed by atoms with Crippen molar-refractivity contribution in [2.45, 2.75) is 38.8 Å². The van der Waals surface area contributed by atoms with Gasteiger partial charge >= 0.3 is 0 Å². The van der Waals surface area contributed by atoms with Crippen molar-refractivity contribution >= 4 is 21.7 Å². The van der Waals surface area contributed by atoms with Gasteiger partial charge in [0.05, 0.1) is 5.69 Å². The number of piperidine rings is 1. The third-order valence-corrected chi connectivity index (χ3v) is 3.84. The van der Waals surface area contributed by atoms with E-state index in [-0.39, 0.29) is 0 Å². The highest BCUT2D eigenvalue weighted by molar-refractivity contribution is 9.10. The smallest absolute Gasteiger partial charge is 0.126 e. The number of aromatic nitrogens is 1. The second-order valence-corrected chi connectivity index (χ2v) is 5.34. The fraction of sp³-hybridized carbons (Fsp3) is 0.583.